The zero-order valence-electron chi connectivity index (χ0n) is 12.2. The zero-order chi connectivity index (χ0) is 15.5. The first-order valence-corrected chi connectivity index (χ1v) is 7.04. The van der Waals surface area contributed by atoms with Crippen molar-refractivity contribution in [2.75, 3.05) is 6.61 Å². The Morgan fingerprint density at radius 3 is 2.82 bits per heavy atom. The molecule has 0 unspecified atom stereocenters. The van der Waals surface area contributed by atoms with Crippen molar-refractivity contribution in [2.45, 2.75) is 13.5 Å². The van der Waals surface area contributed by atoms with E-state index in [0.29, 0.717) is 12.2 Å². The highest BCUT2D eigenvalue weighted by Crippen LogP contribution is 2.01. The minimum atomic E-state index is -0.612. The van der Waals surface area contributed by atoms with Gasteiger partial charge in [-0.05, 0) is 12.5 Å². The molecule has 0 aliphatic rings. The van der Waals surface area contributed by atoms with Gasteiger partial charge in [-0.15, -0.1) is 4.52 Å². The van der Waals surface area contributed by atoms with E-state index < -0.39 is 5.97 Å². The number of carbonyl (C=O) groups is 1. The van der Waals surface area contributed by atoms with Crippen LogP contribution in [0.4, 0.5) is 0 Å². The van der Waals surface area contributed by atoms with Crippen LogP contribution < -0.4 is 10.00 Å². The van der Waals surface area contributed by atoms with Crippen LogP contribution in [0.25, 0.3) is 5.65 Å². The Kier molecular flexibility index (Phi) is 3.74. The highest BCUT2D eigenvalue weighted by molar-refractivity contribution is 5.89. The predicted molar refractivity (Wildman–Crippen MR) is 79.7 cm³/mol. The molecule has 0 spiro atoms. The standard InChI is InChI=1S/C16H15N3O3/c1-2-22-16(21)13-10-17-19-9-8-18(15(19)14(13)20)11-12-6-4-3-5-7-12/h3-10H,2,11H2,1H3/p+1. The number of rotatable bonds is 4. The molecule has 3 aromatic rings. The van der Waals surface area contributed by atoms with Crippen molar-refractivity contribution >= 4 is 11.6 Å². The van der Waals surface area contributed by atoms with Crippen LogP contribution in [-0.2, 0) is 11.3 Å². The maximum Gasteiger partial charge on any atom is 0.354 e. The number of nitrogens with one attached hydrogen (secondary N) is 1. The number of nitrogens with zero attached hydrogens (tertiary/aromatic N) is 2. The second-order valence-electron chi connectivity index (χ2n) is 4.84. The molecule has 2 heterocycles. The van der Waals surface area contributed by atoms with Crippen molar-refractivity contribution in [1.29, 1.82) is 0 Å². The Bertz CT molecular complexity index is 865. The van der Waals surface area contributed by atoms with Gasteiger partial charge in [-0.25, -0.2) is 14.5 Å². The maximum atomic E-state index is 12.6. The molecule has 0 aliphatic heterocycles. The minimum absolute atomic E-state index is 0.00913. The molecule has 2 aromatic heterocycles. The number of hydrogen-bond acceptors (Lipinski definition) is 3. The van der Waals surface area contributed by atoms with E-state index in [2.05, 4.69) is 5.10 Å². The van der Waals surface area contributed by atoms with E-state index in [1.807, 2.05) is 30.3 Å². The van der Waals surface area contributed by atoms with E-state index >= 15 is 0 Å². The molecule has 6 nitrogen and oxygen atoms in total. The molecule has 6 heteroatoms. The molecule has 1 N–H and O–H groups in total. The van der Waals surface area contributed by atoms with Crippen LogP contribution in [-0.4, -0.2) is 22.2 Å². The molecule has 0 fully saturated rings. The summed E-state index contributed by atoms with van der Waals surface area (Å²) in [5, 5.41) is 2.90. The van der Waals surface area contributed by atoms with Gasteiger partial charge >= 0.3 is 11.6 Å². The lowest BCUT2D eigenvalue weighted by atomic mass is 10.2. The molecule has 0 aliphatic carbocycles. The Hall–Kier alpha value is -2.89. The van der Waals surface area contributed by atoms with Crippen LogP contribution >= 0.6 is 0 Å². The number of imidazole rings is 1. The van der Waals surface area contributed by atoms with Crippen molar-refractivity contribution in [1.82, 2.24) is 9.61 Å². The monoisotopic (exact) mass is 298 g/mol. The van der Waals surface area contributed by atoms with Gasteiger partial charge in [0.2, 0.25) is 0 Å². The molecule has 0 saturated heterocycles. The van der Waals surface area contributed by atoms with Gasteiger partial charge in [0.1, 0.15) is 18.3 Å². The first kappa shape index (κ1) is 14.1. The number of ether oxygens (including phenoxy) is 1. The van der Waals surface area contributed by atoms with E-state index in [1.54, 1.807) is 28.4 Å². The first-order valence-electron chi connectivity index (χ1n) is 7.04. The van der Waals surface area contributed by atoms with Crippen molar-refractivity contribution in [3.8, 4) is 0 Å². The minimum Gasteiger partial charge on any atom is -0.462 e. The smallest absolute Gasteiger partial charge is 0.354 e. The van der Waals surface area contributed by atoms with Gasteiger partial charge in [0.25, 0.3) is 5.43 Å². The predicted octanol–water partition coefficient (Wildman–Crippen LogP) is 1.14. The Balaban J connectivity index is 2.07. The number of aromatic nitrogens is 3. The molecule has 0 amide bonds. The van der Waals surface area contributed by atoms with E-state index in [0.717, 1.165) is 5.56 Å². The molecule has 0 saturated carbocycles. The number of hydrogen-bond donors (Lipinski definition) is 1. The van der Waals surface area contributed by atoms with E-state index in [9.17, 15) is 9.59 Å². The summed E-state index contributed by atoms with van der Waals surface area (Å²) in [6, 6.07) is 9.81. The second kappa shape index (κ2) is 5.85. The van der Waals surface area contributed by atoms with Crippen molar-refractivity contribution in [3.63, 3.8) is 0 Å². The number of esters is 1. The molecule has 0 bridgehead atoms. The molecular weight excluding hydrogens is 282 g/mol. The summed E-state index contributed by atoms with van der Waals surface area (Å²) in [4.78, 5) is 24.4. The summed E-state index contributed by atoms with van der Waals surface area (Å²) < 4.78 is 8.31. The third kappa shape index (κ3) is 2.50. The number of carbonyl (C=O) groups excluding carboxylic acids is 1. The lowest BCUT2D eigenvalue weighted by molar-refractivity contribution is -0.662. The third-order valence-electron chi connectivity index (χ3n) is 3.38. The summed E-state index contributed by atoms with van der Waals surface area (Å²) >= 11 is 0. The van der Waals surface area contributed by atoms with Gasteiger partial charge in [-0.1, -0.05) is 30.3 Å². The van der Waals surface area contributed by atoms with Gasteiger partial charge in [-0.3, -0.25) is 4.79 Å². The van der Waals surface area contributed by atoms with Crippen LogP contribution in [0.2, 0.25) is 0 Å². The van der Waals surface area contributed by atoms with Gasteiger partial charge in [0.05, 0.1) is 12.8 Å². The van der Waals surface area contributed by atoms with Crippen LogP contribution in [0.3, 0.4) is 0 Å². The summed E-state index contributed by atoms with van der Waals surface area (Å²) in [7, 11) is 0. The molecule has 22 heavy (non-hydrogen) atoms. The second-order valence-corrected chi connectivity index (χ2v) is 4.84. The molecule has 0 radical (unpaired) electrons. The summed E-state index contributed by atoms with van der Waals surface area (Å²) in [6.45, 7) is 2.48. The van der Waals surface area contributed by atoms with Gasteiger partial charge in [0.15, 0.2) is 6.20 Å². The van der Waals surface area contributed by atoms with Crippen LogP contribution in [0.1, 0.15) is 22.8 Å². The number of fused-ring (bicyclic) bond motifs is 1. The van der Waals surface area contributed by atoms with E-state index in [4.69, 9.17) is 4.74 Å². The van der Waals surface area contributed by atoms with E-state index in [1.165, 1.54) is 6.20 Å². The van der Waals surface area contributed by atoms with Gasteiger partial charge < -0.3 is 4.74 Å². The van der Waals surface area contributed by atoms with Crippen LogP contribution in [0, 0.1) is 0 Å². The Morgan fingerprint density at radius 2 is 2.09 bits per heavy atom. The quantitative estimate of drug-likeness (QED) is 0.580. The largest absolute Gasteiger partial charge is 0.462 e. The van der Waals surface area contributed by atoms with Crippen molar-refractivity contribution in [2.24, 2.45) is 0 Å². The molecule has 112 valence electrons. The highest BCUT2D eigenvalue weighted by Gasteiger charge is 2.22. The zero-order valence-corrected chi connectivity index (χ0v) is 12.2. The average molecular weight is 298 g/mol. The lowest BCUT2D eigenvalue weighted by Gasteiger charge is -2.01. The molecule has 0 atom stereocenters. The fourth-order valence-electron chi connectivity index (χ4n) is 2.36. The summed E-state index contributed by atoms with van der Waals surface area (Å²) in [5.74, 6) is -0.612. The van der Waals surface area contributed by atoms with Crippen molar-refractivity contribution in [3.05, 3.63) is 70.3 Å². The molecular formula is C16H16N3O3+. The first-order chi connectivity index (χ1) is 10.7. The molecule has 3 rings (SSSR count). The average Bonchev–Trinajstić information content (AvgIpc) is 2.93. The molecule has 1 aromatic carbocycles. The summed E-state index contributed by atoms with van der Waals surface area (Å²) in [6.07, 6.45) is 4.92. The lowest BCUT2D eigenvalue weighted by Crippen LogP contribution is -2.38. The third-order valence-corrected chi connectivity index (χ3v) is 3.38. The van der Waals surface area contributed by atoms with Gasteiger partial charge in [-0.2, -0.15) is 0 Å². The SMILES string of the molecule is CCOC(=O)c1c[nH]n2cc[n+](Cc3ccccc3)c2c1=O. The highest BCUT2D eigenvalue weighted by atomic mass is 16.5. The number of benzene rings is 1. The number of H-pyrrole nitrogens is 1. The Morgan fingerprint density at radius 1 is 1.32 bits per heavy atom. The normalized spacial score (nSPS) is 10.8. The van der Waals surface area contributed by atoms with Gasteiger partial charge in [0, 0.05) is 0 Å². The van der Waals surface area contributed by atoms with Crippen molar-refractivity contribution < 1.29 is 14.1 Å². The fraction of sp³-hybridized carbons (Fsp3) is 0.188. The summed E-state index contributed by atoms with van der Waals surface area (Å²) in [5.41, 5.74) is 1.13. The Labute approximate surface area is 126 Å². The van der Waals surface area contributed by atoms with E-state index in [-0.39, 0.29) is 17.6 Å². The topological polar surface area (TPSA) is 67.5 Å². The maximum absolute atomic E-state index is 12.6. The van der Waals surface area contributed by atoms with Crippen LogP contribution in [0.5, 0.6) is 0 Å². The fourth-order valence-corrected chi connectivity index (χ4v) is 2.36. The van der Waals surface area contributed by atoms with Crippen LogP contribution in [0.15, 0.2) is 53.7 Å². The number of aromatic amines is 1.